The fraction of sp³-hybridized carbons (Fsp3) is 0.545. The number of hydrogen-bond acceptors (Lipinski definition) is 4. The van der Waals surface area contributed by atoms with E-state index in [-0.39, 0.29) is 6.03 Å². The third-order valence-electron chi connectivity index (χ3n) is 2.79. The number of carbonyl (C=O) groups excluding carboxylic acids is 1. The van der Waals surface area contributed by atoms with Gasteiger partial charge in [-0.05, 0) is 13.8 Å². The number of carboxylic acid groups (broad SMARTS) is 1. The third kappa shape index (κ3) is 3.19. The Hall–Kier alpha value is -1.63. The van der Waals surface area contributed by atoms with Crippen LogP contribution in [0.1, 0.15) is 17.5 Å². The number of likely N-dealkylation sites (N-methyl/N-ethyl adjacent to an activating group) is 1. The number of aromatic nitrogens is 1. The van der Waals surface area contributed by atoms with Crippen molar-refractivity contribution in [2.24, 2.45) is 0 Å². The summed E-state index contributed by atoms with van der Waals surface area (Å²) in [6.07, 6.45) is 0. The summed E-state index contributed by atoms with van der Waals surface area (Å²) in [7, 11) is 3.13. The van der Waals surface area contributed by atoms with Crippen molar-refractivity contribution >= 4 is 23.3 Å². The number of amides is 2. The lowest BCUT2D eigenvalue weighted by molar-refractivity contribution is -0.141. The summed E-state index contributed by atoms with van der Waals surface area (Å²) < 4.78 is 0. The highest BCUT2D eigenvalue weighted by molar-refractivity contribution is 7.09. The van der Waals surface area contributed by atoms with Crippen molar-refractivity contribution in [2.45, 2.75) is 26.4 Å². The average Bonchev–Trinajstić information content (AvgIpc) is 2.71. The number of urea groups is 1. The van der Waals surface area contributed by atoms with Gasteiger partial charge in [-0.2, -0.15) is 0 Å². The van der Waals surface area contributed by atoms with Gasteiger partial charge >= 0.3 is 12.0 Å². The fourth-order valence-electron chi connectivity index (χ4n) is 1.36. The number of carbonyl (C=O) groups is 2. The van der Waals surface area contributed by atoms with E-state index in [0.717, 1.165) is 10.6 Å². The first-order chi connectivity index (χ1) is 8.34. The van der Waals surface area contributed by atoms with E-state index in [1.807, 2.05) is 6.92 Å². The minimum absolute atomic E-state index is 0.322. The summed E-state index contributed by atoms with van der Waals surface area (Å²) in [4.78, 5) is 30.6. The molecule has 1 aromatic heterocycles. The van der Waals surface area contributed by atoms with Crippen molar-refractivity contribution in [2.75, 3.05) is 14.1 Å². The van der Waals surface area contributed by atoms with Crippen LogP contribution in [0, 0.1) is 6.92 Å². The summed E-state index contributed by atoms with van der Waals surface area (Å²) in [5.41, 5.74) is 2.63. The molecule has 0 aliphatic heterocycles. The van der Waals surface area contributed by atoms with Gasteiger partial charge in [0.2, 0.25) is 0 Å². The van der Waals surface area contributed by atoms with E-state index in [4.69, 9.17) is 5.11 Å². The molecule has 0 fully saturated rings. The van der Waals surface area contributed by atoms with Crippen LogP contribution in [0.3, 0.4) is 0 Å². The lowest BCUT2D eigenvalue weighted by Gasteiger charge is -2.27. The van der Waals surface area contributed by atoms with Gasteiger partial charge in [-0.1, -0.05) is 0 Å². The first kappa shape index (κ1) is 14.4. The summed E-state index contributed by atoms with van der Waals surface area (Å²) in [5.74, 6) is -1.02. The number of thiazole rings is 1. The normalized spacial score (nSPS) is 12.0. The van der Waals surface area contributed by atoms with E-state index in [1.54, 1.807) is 12.6 Å². The van der Waals surface area contributed by atoms with E-state index in [1.165, 1.54) is 35.1 Å². The second-order valence-corrected chi connectivity index (χ2v) is 5.06. The molecule has 0 saturated carbocycles. The van der Waals surface area contributed by atoms with Gasteiger partial charge in [0, 0.05) is 19.0 Å². The monoisotopic (exact) mass is 271 g/mol. The zero-order chi connectivity index (χ0) is 13.9. The lowest BCUT2D eigenvalue weighted by atomic mass is 10.3. The quantitative estimate of drug-likeness (QED) is 0.898. The second kappa shape index (κ2) is 5.81. The minimum atomic E-state index is -1.02. The van der Waals surface area contributed by atoms with Gasteiger partial charge in [-0.15, -0.1) is 11.3 Å². The van der Waals surface area contributed by atoms with E-state index < -0.39 is 12.0 Å². The average molecular weight is 271 g/mol. The summed E-state index contributed by atoms with van der Waals surface area (Å²) >= 11 is 1.48. The molecule has 1 aromatic rings. The molecule has 1 atom stereocenters. The third-order valence-corrected chi connectivity index (χ3v) is 3.71. The number of aliphatic carboxylic acids is 1. The van der Waals surface area contributed by atoms with E-state index >= 15 is 0 Å². The molecular formula is C11H17N3O3S. The van der Waals surface area contributed by atoms with Gasteiger partial charge < -0.3 is 14.9 Å². The standard InChI is InChI=1S/C11H17N3O3S/c1-7-9(18-6-12-7)5-13(3)11(17)14(4)8(2)10(15)16/h6,8H,5H2,1-4H3,(H,15,16). The minimum Gasteiger partial charge on any atom is -0.480 e. The van der Waals surface area contributed by atoms with Gasteiger partial charge in [0.15, 0.2) is 0 Å². The smallest absolute Gasteiger partial charge is 0.326 e. The molecule has 0 aliphatic rings. The molecule has 2 amide bonds. The molecule has 1 unspecified atom stereocenters. The Morgan fingerprint density at radius 3 is 2.56 bits per heavy atom. The Morgan fingerprint density at radius 1 is 1.50 bits per heavy atom. The molecule has 0 aliphatic carbocycles. The van der Waals surface area contributed by atoms with E-state index in [2.05, 4.69) is 4.98 Å². The van der Waals surface area contributed by atoms with Gasteiger partial charge in [-0.25, -0.2) is 14.6 Å². The maximum absolute atomic E-state index is 12.0. The molecule has 0 spiro atoms. The summed E-state index contributed by atoms with van der Waals surface area (Å²) in [6, 6.07) is -1.17. The highest BCUT2D eigenvalue weighted by Crippen LogP contribution is 2.15. The van der Waals surface area contributed by atoms with Crippen molar-refractivity contribution in [1.82, 2.24) is 14.8 Å². The van der Waals surface area contributed by atoms with Crippen molar-refractivity contribution < 1.29 is 14.7 Å². The number of aryl methyl sites for hydroxylation is 1. The molecule has 7 heteroatoms. The van der Waals surface area contributed by atoms with Crippen LogP contribution in [-0.2, 0) is 11.3 Å². The van der Waals surface area contributed by atoms with Crippen molar-refractivity contribution in [1.29, 1.82) is 0 Å². The number of hydrogen-bond donors (Lipinski definition) is 1. The van der Waals surface area contributed by atoms with Crippen LogP contribution in [0.2, 0.25) is 0 Å². The van der Waals surface area contributed by atoms with Crippen molar-refractivity contribution in [3.8, 4) is 0 Å². The Balaban J connectivity index is 2.67. The highest BCUT2D eigenvalue weighted by Gasteiger charge is 2.24. The Bertz CT molecular complexity index is 446. The van der Waals surface area contributed by atoms with Crippen LogP contribution in [0.25, 0.3) is 0 Å². The molecular weight excluding hydrogens is 254 g/mol. The Labute approximate surface area is 110 Å². The predicted octanol–water partition coefficient (Wildman–Crippen LogP) is 1.41. The van der Waals surface area contributed by atoms with E-state index in [0.29, 0.717) is 6.54 Å². The maximum Gasteiger partial charge on any atom is 0.326 e. The molecule has 6 nitrogen and oxygen atoms in total. The van der Waals surface area contributed by atoms with Gasteiger partial charge in [0.25, 0.3) is 0 Å². The first-order valence-corrected chi connectivity index (χ1v) is 6.32. The molecule has 100 valence electrons. The highest BCUT2D eigenvalue weighted by atomic mass is 32.1. The summed E-state index contributed by atoms with van der Waals surface area (Å²) in [5, 5.41) is 8.86. The van der Waals surface area contributed by atoms with Crippen LogP contribution in [0.15, 0.2) is 5.51 Å². The molecule has 0 saturated heterocycles. The lowest BCUT2D eigenvalue weighted by Crippen LogP contribution is -2.46. The second-order valence-electron chi connectivity index (χ2n) is 4.12. The molecule has 18 heavy (non-hydrogen) atoms. The Kier molecular flexibility index (Phi) is 4.66. The molecule has 0 radical (unpaired) electrons. The molecule has 1 rings (SSSR count). The number of carboxylic acids is 1. The molecule has 0 aromatic carbocycles. The van der Waals surface area contributed by atoms with Gasteiger partial charge in [0.05, 0.1) is 17.7 Å². The van der Waals surface area contributed by atoms with Crippen LogP contribution in [0.5, 0.6) is 0 Å². The van der Waals surface area contributed by atoms with Crippen LogP contribution in [-0.4, -0.2) is 52.0 Å². The van der Waals surface area contributed by atoms with Crippen molar-refractivity contribution in [3.63, 3.8) is 0 Å². The molecule has 1 heterocycles. The largest absolute Gasteiger partial charge is 0.480 e. The van der Waals surface area contributed by atoms with Crippen LogP contribution >= 0.6 is 11.3 Å². The van der Waals surface area contributed by atoms with Crippen molar-refractivity contribution in [3.05, 3.63) is 16.1 Å². The van der Waals surface area contributed by atoms with Gasteiger partial charge in [0.1, 0.15) is 6.04 Å². The fourth-order valence-corrected chi connectivity index (χ4v) is 2.19. The predicted molar refractivity (Wildman–Crippen MR) is 68.6 cm³/mol. The SMILES string of the molecule is Cc1ncsc1CN(C)C(=O)N(C)C(C)C(=O)O. The summed E-state index contributed by atoms with van der Waals surface area (Å²) in [6.45, 7) is 3.80. The van der Waals surface area contributed by atoms with E-state index in [9.17, 15) is 9.59 Å². The maximum atomic E-state index is 12.0. The van der Waals surface area contributed by atoms with Crippen LogP contribution < -0.4 is 0 Å². The number of rotatable bonds is 4. The zero-order valence-electron chi connectivity index (χ0n) is 10.9. The zero-order valence-corrected chi connectivity index (χ0v) is 11.7. The van der Waals surface area contributed by atoms with Crippen LogP contribution in [0.4, 0.5) is 4.79 Å². The van der Waals surface area contributed by atoms with Gasteiger partial charge in [-0.3, -0.25) is 0 Å². The molecule has 0 bridgehead atoms. The Morgan fingerprint density at radius 2 is 2.11 bits per heavy atom. The first-order valence-electron chi connectivity index (χ1n) is 5.44. The molecule has 1 N–H and O–H groups in total. The number of nitrogens with zero attached hydrogens (tertiary/aromatic N) is 3. The topological polar surface area (TPSA) is 73.7 Å².